The number of rotatable bonds is 5. The van der Waals surface area contributed by atoms with Gasteiger partial charge in [0.1, 0.15) is 0 Å². The van der Waals surface area contributed by atoms with E-state index in [4.69, 9.17) is 0 Å². The number of aryl methyl sites for hydroxylation is 1. The summed E-state index contributed by atoms with van der Waals surface area (Å²) in [4.78, 5) is 9.62. The van der Waals surface area contributed by atoms with Crippen molar-refractivity contribution in [2.75, 3.05) is 32.7 Å². The SMILES string of the molecule is CCc1nc(CN2CCN(CC3(O)CCCCC3)CC2)cs1. The Hall–Kier alpha value is -0.490. The molecule has 0 amide bonds. The molecule has 0 radical (unpaired) electrons. The van der Waals surface area contributed by atoms with Crippen LogP contribution in [0, 0.1) is 0 Å². The van der Waals surface area contributed by atoms with Crippen LogP contribution in [-0.2, 0) is 13.0 Å². The van der Waals surface area contributed by atoms with E-state index in [0.717, 1.165) is 58.5 Å². The normalized spacial score (nSPS) is 23.7. The molecule has 0 bridgehead atoms. The summed E-state index contributed by atoms with van der Waals surface area (Å²) in [7, 11) is 0. The molecule has 1 aromatic heterocycles. The van der Waals surface area contributed by atoms with Crippen molar-refractivity contribution >= 4 is 11.3 Å². The fourth-order valence-corrected chi connectivity index (χ4v) is 4.44. The molecule has 1 aromatic rings. The summed E-state index contributed by atoms with van der Waals surface area (Å²) in [6.07, 6.45) is 6.71. The minimum Gasteiger partial charge on any atom is -0.389 e. The number of β-amino-alcohol motifs (C(OH)–C–C–N with tert-alkyl or cyclic N) is 1. The number of piperazine rings is 1. The van der Waals surface area contributed by atoms with Gasteiger partial charge in [-0.2, -0.15) is 0 Å². The largest absolute Gasteiger partial charge is 0.389 e. The second-order valence-electron chi connectivity index (χ2n) is 6.92. The topological polar surface area (TPSA) is 39.6 Å². The average Bonchev–Trinajstić information content (AvgIpc) is 2.97. The molecule has 2 fully saturated rings. The molecule has 1 saturated carbocycles. The lowest BCUT2D eigenvalue weighted by Crippen LogP contribution is -2.52. The van der Waals surface area contributed by atoms with Gasteiger partial charge in [0.15, 0.2) is 0 Å². The van der Waals surface area contributed by atoms with Gasteiger partial charge in [0.2, 0.25) is 0 Å². The standard InChI is InChI=1S/C17H29N3OS/c1-2-16-18-15(13-22-16)12-19-8-10-20(11-9-19)14-17(21)6-4-3-5-7-17/h13,21H,2-12,14H2,1H3. The Labute approximate surface area is 138 Å². The molecule has 0 aromatic carbocycles. The van der Waals surface area contributed by atoms with Crippen LogP contribution in [0.15, 0.2) is 5.38 Å². The number of nitrogens with zero attached hydrogens (tertiary/aromatic N) is 3. The second-order valence-corrected chi connectivity index (χ2v) is 7.87. The summed E-state index contributed by atoms with van der Waals surface area (Å²) in [5.74, 6) is 0. The molecular weight excluding hydrogens is 294 g/mol. The van der Waals surface area contributed by atoms with E-state index in [1.807, 2.05) is 0 Å². The first kappa shape index (κ1) is 16.4. The fourth-order valence-electron chi connectivity index (χ4n) is 3.70. The van der Waals surface area contributed by atoms with Gasteiger partial charge in [0, 0.05) is 44.6 Å². The van der Waals surface area contributed by atoms with E-state index in [0.29, 0.717) is 0 Å². The van der Waals surface area contributed by atoms with E-state index in [9.17, 15) is 5.11 Å². The van der Waals surface area contributed by atoms with E-state index < -0.39 is 5.60 Å². The van der Waals surface area contributed by atoms with Crippen LogP contribution in [0.5, 0.6) is 0 Å². The van der Waals surface area contributed by atoms with E-state index in [-0.39, 0.29) is 0 Å². The van der Waals surface area contributed by atoms with Gasteiger partial charge in [-0.3, -0.25) is 9.80 Å². The number of thiazole rings is 1. The Morgan fingerprint density at radius 1 is 1.14 bits per heavy atom. The highest BCUT2D eigenvalue weighted by Crippen LogP contribution is 2.29. The lowest BCUT2D eigenvalue weighted by molar-refractivity contribution is -0.0360. The molecule has 5 heteroatoms. The van der Waals surface area contributed by atoms with Gasteiger partial charge in [0.05, 0.1) is 16.3 Å². The third-order valence-electron chi connectivity index (χ3n) is 5.05. The minimum absolute atomic E-state index is 0.411. The van der Waals surface area contributed by atoms with Crippen LogP contribution < -0.4 is 0 Å². The molecule has 0 spiro atoms. The molecule has 2 aliphatic rings. The highest BCUT2D eigenvalue weighted by atomic mass is 32.1. The van der Waals surface area contributed by atoms with Crippen molar-refractivity contribution < 1.29 is 5.11 Å². The molecular formula is C17H29N3OS. The smallest absolute Gasteiger partial charge is 0.0926 e. The summed E-state index contributed by atoms with van der Waals surface area (Å²) in [5.41, 5.74) is 0.812. The first-order valence-electron chi connectivity index (χ1n) is 8.77. The Bertz CT molecular complexity index is 462. The van der Waals surface area contributed by atoms with Crippen LogP contribution in [0.2, 0.25) is 0 Å². The van der Waals surface area contributed by atoms with Gasteiger partial charge in [-0.25, -0.2) is 4.98 Å². The molecule has 0 atom stereocenters. The van der Waals surface area contributed by atoms with E-state index >= 15 is 0 Å². The summed E-state index contributed by atoms with van der Waals surface area (Å²) in [6.45, 7) is 8.35. The van der Waals surface area contributed by atoms with E-state index in [1.54, 1.807) is 11.3 Å². The van der Waals surface area contributed by atoms with Gasteiger partial charge in [0.25, 0.3) is 0 Å². The van der Waals surface area contributed by atoms with Gasteiger partial charge in [-0.05, 0) is 19.3 Å². The van der Waals surface area contributed by atoms with E-state index in [1.165, 1.54) is 30.0 Å². The maximum absolute atomic E-state index is 10.7. The first-order chi connectivity index (χ1) is 10.7. The van der Waals surface area contributed by atoms with Gasteiger partial charge in [-0.1, -0.05) is 26.2 Å². The van der Waals surface area contributed by atoms with Crippen molar-refractivity contribution in [3.05, 3.63) is 16.1 Å². The molecule has 22 heavy (non-hydrogen) atoms. The highest BCUT2D eigenvalue weighted by molar-refractivity contribution is 7.09. The predicted octanol–water partition coefficient (Wildman–Crippen LogP) is 2.52. The maximum atomic E-state index is 10.7. The van der Waals surface area contributed by atoms with Crippen LogP contribution in [0.25, 0.3) is 0 Å². The van der Waals surface area contributed by atoms with Crippen LogP contribution >= 0.6 is 11.3 Å². The predicted molar refractivity (Wildman–Crippen MR) is 91.2 cm³/mol. The van der Waals surface area contributed by atoms with Crippen molar-refractivity contribution in [3.8, 4) is 0 Å². The van der Waals surface area contributed by atoms with E-state index in [2.05, 4.69) is 27.1 Å². The third-order valence-corrected chi connectivity index (χ3v) is 6.10. The van der Waals surface area contributed by atoms with Crippen LogP contribution in [0.1, 0.15) is 49.7 Å². The second kappa shape index (κ2) is 7.39. The Balaban J connectivity index is 1.44. The zero-order valence-electron chi connectivity index (χ0n) is 13.8. The van der Waals surface area contributed by atoms with Crippen molar-refractivity contribution in [3.63, 3.8) is 0 Å². The zero-order valence-corrected chi connectivity index (χ0v) is 14.6. The molecule has 1 saturated heterocycles. The number of hydrogen-bond donors (Lipinski definition) is 1. The molecule has 4 nitrogen and oxygen atoms in total. The third kappa shape index (κ3) is 4.28. The van der Waals surface area contributed by atoms with Gasteiger partial charge >= 0.3 is 0 Å². The number of aliphatic hydroxyl groups is 1. The molecule has 0 unspecified atom stereocenters. The number of aromatic nitrogens is 1. The first-order valence-corrected chi connectivity index (χ1v) is 9.65. The van der Waals surface area contributed by atoms with Crippen molar-refractivity contribution in [2.24, 2.45) is 0 Å². The lowest BCUT2D eigenvalue weighted by atomic mass is 9.84. The molecule has 1 aliphatic heterocycles. The minimum atomic E-state index is -0.411. The van der Waals surface area contributed by atoms with Crippen LogP contribution in [0.4, 0.5) is 0 Å². The quantitative estimate of drug-likeness (QED) is 0.904. The Morgan fingerprint density at radius 2 is 1.82 bits per heavy atom. The monoisotopic (exact) mass is 323 g/mol. The van der Waals surface area contributed by atoms with Crippen LogP contribution in [-0.4, -0.2) is 58.2 Å². The van der Waals surface area contributed by atoms with Crippen LogP contribution in [0.3, 0.4) is 0 Å². The fraction of sp³-hybridized carbons (Fsp3) is 0.824. The Kier molecular flexibility index (Phi) is 5.50. The molecule has 124 valence electrons. The summed E-state index contributed by atoms with van der Waals surface area (Å²) >= 11 is 1.78. The van der Waals surface area contributed by atoms with Crippen molar-refractivity contribution in [2.45, 2.75) is 57.6 Å². The summed E-state index contributed by atoms with van der Waals surface area (Å²) < 4.78 is 0. The van der Waals surface area contributed by atoms with Crippen molar-refractivity contribution in [1.82, 2.24) is 14.8 Å². The molecule has 1 aliphatic carbocycles. The number of hydrogen-bond acceptors (Lipinski definition) is 5. The summed E-state index contributed by atoms with van der Waals surface area (Å²) in [6, 6.07) is 0. The Morgan fingerprint density at radius 3 is 2.45 bits per heavy atom. The molecule has 1 N–H and O–H groups in total. The van der Waals surface area contributed by atoms with Gasteiger partial charge < -0.3 is 5.11 Å². The van der Waals surface area contributed by atoms with Gasteiger partial charge in [-0.15, -0.1) is 11.3 Å². The zero-order chi connectivity index (χ0) is 15.4. The molecule has 3 rings (SSSR count). The molecule has 2 heterocycles. The average molecular weight is 324 g/mol. The highest BCUT2D eigenvalue weighted by Gasteiger charge is 2.32. The maximum Gasteiger partial charge on any atom is 0.0926 e. The lowest BCUT2D eigenvalue weighted by Gasteiger charge is -2.40. The van der Waals surface area contributed by atoms with Crippen molar-refractivity contribution in [1.29, 1.82) is 0 Å². The summed E-state index contributed by atoms with van der Waals surface area (Å²) in [5, 5.41) is 14.1.